The topological polar surface area (TPSA) is 21.6 Å². The van der Waals surface area contributed by atoms with Gasteiger partial charge < -0.3 is 4.74 Å². The van der Waals surface area contributed by atoms with Crippen molar-refractivity contribution in [3.05, 3.63) is 23.2 Å². The second kappa shape index (κ2) is 2.55. The van der Waals surface area contributed by atoms with E-state index in [1.807, 2.05) is 6.07 Å². The van der Waals surface area contributed by atoms with Gasteiger partial charge in [-0.25, -0.2) is 0 Å². The maximum absolute atomic E-state index is 5.75. The number of nitrogens with zero attached hydrogens (tertiary/aromatic N) is 1. The standard InChI is InChI=1S/C8H6ClNO/c9-6-1-2-8-7(5-6)10-3-4-11-8/h1-3,5H,4H2. The van der Waals surface area contributed by atoms with Gasteiger partial charge in [0.25, 0.3) is 0 Å². The van der Waals surface area contributed by atoms with Gasteiger partial charge in [-0.05, 0) is 18.2 Å². The number of hydrogen-bond acceptors (Lipinski definition) is 2. The smallest absolute Gasteiger partial charge is 0.145 e. The number of halogens is 1. The summed E-state index contributed by atoms with van der Waals surface area (Å²) >= 11 is 5.75. The number of hydrogen-bond donors (Lipinski definition) is 0. The summed E-state index contributed by atoms with van der Waals surface area (Å²) in [5.41, 5.74) is 0.809. The van der Waals surface area contributed by atoms with Crippen molar-refractivity contribution < 1.29 is 4.74 Å². The number of ether oxygens (including phenoxy) is 1. The average Bonchev–Trinajstić information content (AvgIpc) is 2.04. The van der Waals surface area contributed by atoms with Gasteiger partial charge in [0.1, 0.15) is 18.0 Å². The molecule has 0 spiro atoms. The Balaban J connectivity index is 2.54. The molecule has 0 bridgehead atoms. The van der Waals surface area contributed by atoms with Gasteiger partial charge in [-0.2, -0.15) is 0 Å². The summed E-state index contributed by atoms with van der Waals surface area (Å²) in [5, 5.41) is 0.686. The molecule has 11 heavy (non-hydrogen) atoms. The van der Waals surface area contributed by atoms with Gasteiger partial charge in [0, 0.05) is 11.2 Å². The average molecular weight is 168 g/mol. The second-order valence-corrected chi connectivity index (χ2v) is 2.67. The van der Waals surface area contributed by atoms with Crippen LogP contribution >= 0.6 is 11.6 Å². The molecule has 0 radical (unpaired) electrons. The van der Waals surface area contributed by atoms with Crippen molar-refractivity contribution >= 4 is 23.5 Å². The van der Waals surface area contributed by atoms with Crippen molar-refractivity contribution in [1.82, 2.24) is 0 Å². The zero-order valence-electron chi connectivity index (χ0n) is 5.75. The van der Waals surface area contributed by atoms with Crippen LogP contribution in [0.3, 0.4) is 0 Å². The number of rotatable bonds is 0. The summed E-state index contributed by atoms with van der Waals surface area (Å²) in [5.74, 6) is 0.803. The third-order valence-corrected chi connectivity index (χ3v) is 1.70. The molecule has 0 saturated heterocycles. The first-order valence-corrected chi connectivity index (χ1v) is 3.69. The Hall–Kier alpha value is -1.02. The van der Waals surface area contributed by atoms with E-state index in [1.165, 1.54) is 0 Å². The molecule has 0 atom stereocenters. The highest BCUT2D eigenvalue weighted by Crippen LogP contribution is 2.31. The molecule has 1 aromatic rings. The molecular weight excluding hydrogens is 162 g/mol. The molecular formula is C8H6ClNO. The van der Waals surface area contributed by atoms with Crippen LogP contribution in [0.1, 0.15) is 0 Å². The molecule has 1 heterocycles. The summed E-state index contributed by atoms with van der Waals surface area (Å²) in [6, 6.07) is 5.40. The molecule has 2 rings (SSSR count). The quantitative estimate of drug-likeness (QED) is 0.582. The summed E-state index contributed by atoms with van der Waals surface area (Å²) in [6.07, 6.45) is 1.72. The Kier molecular flexibility index (Phi) is 1.55. The predicted molar refractivity (Wildman–Crippen MR) is 45.1 cm³/mol. The lowest BCUT2D eigenvalue weighted by atomic mass is 10.3. The van der Waals surface area contributed by atoms with Gasteiger partial charge in [0.15, 0.2) is 0 Å². The Labute approximate surface area is 69.5 Å². The summed E-state index contributed by atoms with van der Waals surface area (Å²) in [6.45, 7) is 0.550. The number of benzene rings is 1. The molecule has 0 unspecified atom stereocenters. The van der Waals surface area contributed by atoms with E-state index in [2.05, 4.69) is 4.99 Å². The highest BCUT2D eigenvalue weighted by atomic mass is 35.5. The molecule has 0 saturated carbocycles. The fourth-order valence-corrected chi connectivity index (χ4v) is 1.14. The molecule has 0 fully saturated rings. The first kappa shape index (κ1) is 6.68. The van der Waals surface area contributed by atoms with Crippen LogP contribution in [0.5, 0.6) is 5.75 Å². The van der Waals surface area contributed by atoms with Gasteiger partial charge in [-0.15, -0.1) is 0 Å². The van der Waals surface area contributed by atoms with Crippen LogP contribution in [0, 0.1) is 0 Å². The fourth-order valence-electron chi connectivity index (χ4n) is 0.976. The second-order valence-electron chi connectivity index (χ2n) is 2.23. The lowest BCUT2D eigenvalue weighted by Gasteiger charge is -2.10. The van der Waals surface area contributed by atoms with Crippen LogP contribution in [-0.2, 0) is 0 Å². The highest BCUT2D eigenvalue weighted by Gasteiger charge is 2.05. The lowest BCUT2D eigenvalue weighted by molar-refractivity contribution is 0.377. The molecule has 1 aromatic carbocycles. The maximum atomic E-state index is 5.75. The van der Waals surface area contributed by atoms with E-state index in [1.54, 1.807) is 18.3 Å². The van der Waals surface area contributed by atoms with Gasteiger partial charge in [0.05, 0.1) is 0 Å². The van der Waals surface area contributed by atoms with Gasteiger partial charge >= 0.3 is 0 Å². The Morgan fingerprint density at radius 1 is 1.45 bits per heavy atom. The van der Waals surface area contributed by atoms with Crippen LogP contribution in [0.25, 0.3) is 0 Å². The van der Waals surface area contributed by atoms with Crippen LogP contribution in [0.2, 0.25) is 5.02 Å². The van der Waals surface area contributed by atoms with Crippen LogP contribution in [0.15, 0.2) is 23.2 Å². The van der Waals surface area contributed by atoms with Crippen LogP contribution in [0.4, 0.5) is 5.69 Å². The van der Waals surface area contributed by atoms with Crippen molar-refractivity contribution in [2.45, 2.75) is 0 Å². The third kappa shape index (κ3) is 1.21. The van der Waals surface area contributed by atoms with Gasteiger partial charge in [-0.3, -0.25) is 4.99 Å². The molecule has 3 heteroatoms. The molecule has 2 nitrogen and oxygen atoms in total. The van der Waals surface area contributed by atoms with E-state index in [0.717, 1.165) is 11.4 Å². The minimum atomic E-state index is 0.550. The molecule has 0 aromatic heterocycles. The molecule has 0 aliphatic carbocycles. The van der Waals surface area contributed by atoms with Crippen molar-refractivity contribution in [1.29, 1.82) is 0 Å². The molecule has 1 aliphatic heterocycles. The van der Waals surface area contributed by atoms with E-state index in [0.29, 0.717) is 11.6 Å². The van der Waals surface area contributed by atoms with Crippen molar-refractivity contribution in [3.8, 4) is 5.75 Å². The largest absolute Gasteiger partial charge is 0.486 e. The third-order valence-electron chi connectivity index (χ3n) is 1.46. The highest BCUT2D eigenvalue weighted by molar-refractivity contribution is 6.30. The van der Waals surface area contributed by atoms with Gasteiger partial charge in [-0.1, -0.05) is 11.6 Å². The zero-order chi connectivity index (χ0) is 7.68. The maximum Gasteiger partial charge on any atom is 0.145 e. The van der Waals surface area contributed by atoms with Crippen molar-refractivity contribution in [2.75, 3.05) is 6.61 Å². The molecule has 1 aliphatic rings. The van der Waals surface area contributed by atoms with E-state index >= 15 is 0 Å². The van der Waals surface area contributed by atoms with Crippen molar-refractivity contribution in [3.63, 3.8) is 0 Å². The monoisotopic (exact) mass is 167 g/mol. The molecule has 56 valence electrons. The minimum absolute atomic E-state index is 0.550. The zero-order valence-corrected chi connectivity index (χ0v) is 6.51. The van der Waals surface area contributed by atoms with Crippen LogP contribution in [-0.4, -0.2) is 12.8 Å². The normalized spacial score (nSPS) is 13.9. The van der Waals surface area contributed by atoms with E-state index in [-0.39, 0.29) is 0 Å². The molecule has 0 N–H and O–H groups in total. The summed E-state index contributed by atoms with van der Waals surface area (Å²) in [4.78, 5) is 4.12. The number of aliphatic imine (C=N–C) groups is 1. The SMILES string of the molecule is Clc1ccc2c(c1)N=CCO2. The van der Waals surface area contributed by atoms with Crippen molar-refractivity contribution in [2.24, 2.45) is 4.99 Å². The Bertz CT molecular complexity index is 309. The predicted octanol–water partition coefficient (Wildman–Crippen LogP) is 2.43. The first-order valence-electron chi connectivity index (χ1n) is 3.31. The Morgan fingerprint density at radius 3 is 3.27 bits per heavy atom. The fraction of sp³-hybridized carbons (Fsp3) is 0.125. The van der Waals surface area contributed by atoms with E-state index in [4.69, 9.17) is 16.3 Å². The first-order chi connectivity index (χ1) is 5.36. The lowest BCUT2D eigenvalue weighted by Crippen LogP contribution is -2.02. The summed E-state index contributed by atoms with van der Waals surface area (Å²) in [7, 11) is 0. The minimum Gasteiger partial charge on any atom is -0.486 e. The Morgan fingerprint density at radius 2 is 2.36 bits per heavy atom. The molecule has 0 amide bonds. The van der Waals surface area contributed by atoms with E-state index < -0.39 is 0 Å². The van der Waals surface area contributed by atoms with Crippen LogP contribution < -0.4 is 4.74 Å². The summed E-state index contributed by atoms with van der Waals surface area (Å²) < 4.78 is 5.27. The number of fused-ring (bicyclic) bond motifs is 1. The van der Waals surface area contributed by atoms with E-state index in [9.17, 15) is 0 Å². The van der Waals surface area contributed by atoms with Gasteiger partial charge in [0.2, 0.25) is 0 Å².